The summed E-state index contributed by atoms with van der Waals surface area (Å²) < 4.78 is 11.7. The van der Waals surface area contributed by atoms with Gasteiger partial charge in [0.15, 0.2) is 0 Å². The lowest BCUT2D eigenvalue weighted by Gasteiger charge is -2.32. The number of phenols is 1. The van der Waals surface area contributed by atoms with Gasteiger partial charge in [0, 0.05) is 11.0 Å². The first-order valence-corrected chi connectivity index (χ1v) is 6.13. The second-order valence-electron chi connectivity index (χ2n) is 5.62. The maximum atomic E-state index is 10.2. The highest BCUT2D eigenvalue weighted by atomic mass is 16.7. The van der Waals surface area contributed by atoms with Crippen LogP contribution in [0.1, 0.15) is 33.3 Å². The molecule has 0 radical (unpaired) electrons. The van der Waals surface area contributed by atoms with Crippen molar-refractivity contribution in [3.05, 3.63) is 23.8 Å². The summed E-state index contributed by atoms with van der Waals surface area (Å²) in [6.07, 6.45) is 1.17. The molecule has 6 heteroatoms. The second-order valence-corrected chi connectivity index (χ2v) is 5.62. The van der Waals surface area contributed by atoms with E-state index in [4.69, 9.17) is 14.5 Å². The molecule has 0 spiro atoms. The van der Waals surface area contributed by atoms with Crippen LogP contribution in [0.25, 0.3) is 0 Å². The highest BCUT2D eigenvalue weighted by molar-refractivity contribution is 6.63. The zero-order chi connectivity index (χ0) is 14.3. The molecule has 0 amide bonds. The number of para-hydroxylation sites is 1. The summed E-state index contributed by atoms with van der Waals surface area (Å²) in [5.41, 5.74) is 0.00172. The molecule has 102 valence electrons. The van der Waals surface area contributed by atoms with E-state index in [-0.39, 0.29) is 5.75 Å². The maximum Gasteiger partial charge on any atom is 0.498 e. The Balaban J connectivity index is 2.37. The van der Waals surface area contributed by atoms with Crippen molar-refractivity contribution in [2.75, 3.05) is 0 Å². The lowest BCUT2D eigenvalue weighted by atomic mass is 9.77. The summed E-state index contributed by atoms with van der Waals surface area (Å²) in [4.78, 5) is 0. The van der Waals surface area contributed by atoms with Gasteiger partial charge in [-0.3, -0.25) is 0 Å². The van der Waals surface area contributed by atoms with Gasteiger partial charge in [-0.05, 0) is 33.8 Å². The molecular formula is C13H18BNO4. The lowest BCUT2D eigenvalue weighted by molar-refractivity contribution is 0.00578. The zero-order valence-electron chi connectivity index (χ0n) is 11.5. The van der Waals surface area contributed by atoms with Gasteiger partial charge in [0.1, 0.15) is 5.75 Å². The second kappa shape index (κ2) is 4.54. The lowest BCUT2D eigenvalue weighted by Crippen LogP contribution is -2.41. The van der Waals surface area contributed by atoms with Crippen LogP contribution in [0.5, 0.6) is 5.75 Å². The van der Waals surface area contributed by atoms with Crippen LogP contribution in [0, 0.1) is 0 Å². The third kappa shape index (κ3) is 2.33. The number of rotatable bonds is 2. The molecule has 2 rings (SSSR count). The Morgan fingerprint density at radius 3 is 2.26 bits per heavy atom. The third-order valence-corrected chi connectivity index (χ3v) is 3.80. The van der Waals surface area contributed by atoms with Crippen molar-refractivity contribution >= 4 is 18.8 Å². The van der Waals surface area contributed by atoms with Crippen molar-refractivity contribution in [1.82, 2.24) is 0 Å². The fourth-order valence-electron chi connectivity index (χ4n) is 1.91. The summed E-state index contributed by atoms with van der Waals surface area (Å²) in [7, 11) is -0.642. The predicted octanol–water partition coefficient (Wildman–Crippen LogP) is 1.50. The quantitative estimate of drug-likeness (QED) is 0.367. The normalized spacial score (nSPS) is 21.2. The van der Waals surface area contributed by atoms with Gasteiger partial charge < -0.3 is 19.6 Å². The third-order valence-electron chi connectivity index (χ3n) is 3.80. The average molecular weight is 263 g/mol. The van der Waals surface area contributed by atoms with Crippen molar-refractivity contribution in [3.8, 4) is 5.75 Å². The fourth-order valence-corrected chi connectivity index (χ4v) is 1.91. The molecule has 5 nitrogen and oxygen atoms in total. The molecule has 0 aromatic heterocycles. The molecule has 1 aromatic carbocycles. The maximum absolute atomic E-state index is 10.2. The summed E-state index contributed by atoms with van der Waals surface area (Å²) in [5.74, 6) is -0.00111. The number of oxime groups is 1. The molecule has 0 unspecified atom stereocenters. The number of phenolic OH excluding ortho intramolecular Hbond substituents is 1. The molecule has 0 bridgehead atoms. The van der Waals surface area contributed by atoms with Crippen LogP contribution in [-0.2, 0) is 9.31 Å². The molecule has 2 N–H and O–H groups in total. The van der Waals surface area contributed by atoms with Gasteiger partial charge in [0.25, 0.3) is 0 Å². The van der Waals surface area contributed by atoms with Crippen LogP contribution in [-0.4, -0.2) is 34.8 Å². The number of hydrogen-bond acceptors (Lipinski definition) is 5. The first kappa shape index (κ1) is 13.9. The van der Waals surface area contributed by atoms with Crippen molar-refractivity contribution in [1.29, 1.82) is 0 Å². The van der Waals surface area contributed by atoms with Crippen molar-refractivity contribution < 1.29 is 19.6 Å². The molecule has 19 heavy (non-hydrogen) atoms. The predicted molar refractivity (Wildman–Crippen MR) is 73.2 cm³/mol. The minimum absolute atomic E-state index is 0.00111. The van der Waals surface area contributed by atoms with E-state index < -0.39 is 18.3 Å². The molecular weight excluding hydrogens is 245 g/mol. The Bertz CT molecular complexity index is 497. The summed E-state index contributed by atoms with van der Waals surface area (Å²) in [6.45, 7) is 7.79. The molecule has 1 aliphatic rings. The van der Waals surface area contributed by atoms with Crippen LogP contribution in [0.4, 0.5) is 0 Å². The van der Waals surface area contributed by atoms with E-state index in [9.17, 15) is 5.11 Å². The SMILES string of the molecule is CC1(C)OB(c2cccc(/C=N\O)c2O)OC1(C)C. The van der Waals surface area contributed by atoms with E-state index in [1.807, 2.05) is 27.7 Å². The van der Waals surface area contributed by atoms with Crippen LogP contribution >= 0.6 is 0 Å². The van der Waals surface area contributed by atoms with E-state index in [0.29, 0.717) is 11.0 Å². The Kier molecular flexibility index (Phi) is 3.32. The summed E-state index contributed by atoms with van der Waals surface area (Å²) >= 11 is 0. The number of nitrogens with zero attached hydrogens (tertiary/aromatic N) is 1. The molecule has 1 saturated heterocycles. The molecule has 1 fully saturated rings. The van der Waals surface area contributed by atoms with E-state index in [2.05, 4.69) is 5.16 Å². The average Bonchev–Trinajstić information content (AvgIpc) is 2.51. The smallest absolute Gasteiger partial charge is 0.498 e. The number of aromatic hydroxyl groups is 1. The molecule has 1 aromatic rings. The van der Waals surface area contributed by atoms with Gasteiger partial charge in [0.05, 0.1) is 17.4 Å². The largest absolute Gasteiger partial charge is 0.508 e. The van der Waals surface area contributed by atoms with E-state index in [0.717, 1.165) is 0 Å². The van der Waals surface area contributed by atoms with Crippen molar-refractivity contribution in [2.45, 2.75) is 38.9 Å². The fraction of sp³-hybridized carbons (Fsp3) is 0.462. The Morgan fingerprint density at radius 2 is 1.74 bits per heavy atom. The molecule has 0 aliphatic carbocycles. The number of hydrogen-bond donors (Lipinski definition) is 2. The monoisotopic (exact) mass is 263 g/mol. The summed E-state index contributed by atoms with van der Waals surface area (Å²) in [5, 5.41) is 21.6. The topological polar surface area (TPSA) is 71.3 Å². The van der Waals surface area contributed by atoms with Gasteiger partial charge in [-0.2, -0.15) is 0 Å². The van der Waals surface area contributed by atoms with Crippen LogP contribution < -0.4 is 5.46 Å². The molecule has 1 heterocycles. The highest BCUT2D eigenvalue weighted by Crippen LogP contribution is 2.37. The van der Waals surface area contributed by atoms with Gasteiger partial charge >= 0.3 is 7.12 Å². The minimum Gasteiger partial charge on any atom is -0.508 e. The zero-order valence-corrected chi connectivity index (χ0v) is 11.5. The molecule has 1 aliphatic heterocycles. The highest BCUT2D eigenvalue weighted by Gasteiger charge is 2.52. The van der Waals surface area contributed by atoms with E-state index in [1.54, 1.807) is 18.2 Å². The van der Waals surface area contributed by atoms with Gasteiger partial charge in [-0.1, -0.05) is 17.3 Å². The summed E-state index contributed by atoms with van der Waals surface area (Å²) in [6, 6.07) is 5.12. The first-order chi connectivity index (χ1) is 8.78. The van der Waals surface area contributed by atoms with Crippen molar-refractivity contribution in [2.24, 2.45) is 5.16 Å². The standard InChI is InChI=1S/C13H18BNO4/c1-12(2)13(3,4)19-14(18-12)10-7-5-6-9(8-15-17)11(10)16/h5-8,16-17H,1-4H3/b15-8-. The minimum atomic E-state index is -0.642. The number of benzene rings is 1. The first-order valence-electron chi connectivity index (χ1n) is 6.13. The van der Waals surface area contributed by atoms with Gasteiger partial charge in [0.2, 0.25) is 0 Å². The van der Waals surface area contributed by atoms with E-state index in [1.165, 1.54) is 6.21 Å². The van der Waals surface area contributed by atoms with Crippen molar-refractivity contribution in [3.63, 3.8) is 0 Å². The Labute approximate surface area is 113 Å². The molecule has 0 atom stereocenters. The van der Waals surface area contributed by atoms with Gasteiger partial charge in [-0.15, -0.1) is 0 Å². The molecule has 0 saturated carbocycles. The van der Waals surface area contributed by atoms with Crippen LogP contribution in [0.2, 0.25) is 0 Å². The Hall–Kier alpha value is -1.53. The van der Waals surface area contributed by atoms with Crippen LogP contribution in [0.15, 0.2) is 23.4 Å². The van der Waals surface area contributed by atoms with Crippen LogP contribution in [0.3, 0.4) is 0 Å². The Morgan fingerprint density at radius 1 is 1.16 bits per heavy atom. The van der Waals surface area contributed by atoms with E-state index >= 15 is 0 Å². The van der Waals surface area contributed by atoms with Gasteiger partial charge in [-0.25, -0.2) is 0 Å².